The lowest BCUT2D eigenvalue weighted by Crippen LogP contribution is -2.25. The molecule has 22 heavy (non-hydrogen) atoms. The van der Waals surface area contributed by atoms with E-state index in [1.165, 1.54) is 0 Å². The normalized spacial score (nSPS) is 11.1. The highest BCUT2D eigenvalue weighted by Crippen LogP contribution is 2.23. The van der Waals surface area contributed by atoms with Crippen molar-refractivity contribution in [3.05, 3.63) is 28.8 Å². The fourth-order valence-corrected chi connectivity index (χ4v) is 2.04. The third-order valence-corrected chi connectivity index (χ3v) is 3.14. The molecule has 5 nitrogen and oxygen atoms in total. The van der Waals surface area contributed by atoms with Gasteiger partial charge in [0, 0.05) is 25.3 Å². The number of rotatable bonds is 6. The summed E-state index contributed by atoms with van der Waals surface area (Å²) in [7, 11) is 0. The van der Waals surface area contributed by atoms with Gasteiger partial charge in [-0.25, -0.2) is 0 Å². The van der Waals surface area contributed by atoms with E-state index in [1.54, 1.807) is 18.2 Å². The lowest BCUT2D eigenvalue weighted by atomic mass is 9.92. The Labute approximate surface area is 136 Å². The zero-order valence-electron chi connectivity index (χ0n) is 13.2. The average molecular weight is 327 g/mol. The molecule has 1 aromatic rings. The van der Waals surface area contributed by atoms with E-state index in [0.717, 1.165) is 0 Å². The summed E-state index contributed by atoms with van der Waals surface area (Å²) in [5.41, 5.74) is 0.722. The number of hydrogen-bond acceptors (Lipinski definition) is 3. The molecule has 0 fully saturated rings. The van der Waals surface area contributed by atoms with E-state index in [2.05, 4.69) is 10.6 Å². The van der Waals surface area contributed by atoms with E-state index in [9.17, 15) is 9.59 Å². The van der Waals surface area contributed by atoms with Crippen molar-refractivity contribution in [1.29, 1.82) is 0 Å². The first-order chi connectivity index (χ1) is 10.2. The maximum Gasteiger partial charge on any atom is 0.252 e. The van der Waals surface area contributed by atoms with E-state index in [0.29, 0.717) is 35.7 Å². The van der Waals surface area contributed by atoms with Crippen molar-refractivity contribution < 1.29 is 14.7 Å². The number of anilines is 1. The van der Waals surface area contributed by atoms with Crippen molar-refractivity contribution in [3.8, 4) is 0 Å². The number of aliphatic hydroxyl groups excluding tert-OH is 1. The zero-order valence-corrected chi connectivity index (χ0v) is 14.0. The first-order valence-corrected chi connectivity index (χ1v) is 7.59. The van der Waals surface area contributed by atoms with Gasteiger partial charge < -0.3 is 15.7 Å². The van der Waals surface area contributed by atoms with Crippen LogP contribution in [-0.4, -0.2) is 30.1 Å². The van der Waals surface area contributed by atoms with Crippen LogP contribution in [0, 0.1) is 5.41 Å². The lowest BCUT2D eigenvalue weighted by Gasteiger charge is -2.17. The van der Waals surface area contributed by atoms with Crippen LogP contribution in [0.15, 0.2) is 18.2 Å². The van der Waals surface area contributed by atoms with Crippen molar-refractivity contribution >= 4 is 29.1 Å². The number of aliphatic hydroxyl groups is 1. The summed E-state index contributed by atoms with van der Waals surface area (Å²) in [6.45, 7) is 6.32. The quantitative estimate of drug-likeness (QED) is 0.703. The van der Waals surface area contributed by atoms with Crippen molar-refractivity contribution in [2.24, 2.45) is 5.41 Å². The van der Waals surface area contributed by atoms with Crippen LogP contribution in [-0.2, 0) is 4.79 Å². The third kappa shape index (κ3) is 6.45. The SMILES string of the molecule is CC(C)(C)CC(=O)Nc1ccc(Cl)c(C(=O)NCCCO)c1. The molecule has 6 heteroatoms. The van der Waals surface area contributed by atoms with Gasteiger partial charge in [0.05, 0.1) is 10.6 Å². The lowest BCUT2D eigenvalue weighted by molar-refractivity contribution is -0.117. The van der Waals surface area contributed by atoms with Gasteiger partial charge in [-0.05, 0) is 30.0 Å². The molecule has 0 aromatic heterocycles. The Hall–Kier alpha value is -1.59. The number of nitrogens with one attached hydrogen (secondary N) is 2. The highest BCUT2D eigenvalue weighted by molar-refractivity contribution is 6.34. The molecule has 0 aliphatic carbocycles. The first-order valence-electron chi connectivity index (χ1n) is 7.21. The van der Waals surface area contributed by atoms with E-state index < -0.39 is 0 Å². The summed E-state index contributed by atoms with van der Waals surface area (Å²) in [6.07, 6.45) is 0.860. The minimum absolute atomic E-state index is 0.0108. The minimum atomic E-state index is -0.328. The Bertz CT molecular complexity index is 539. The molecule has 0 saturated carbocycles. The van der Waals surface area contributed by atoms with E-state index >= 15 is 0 Å². The first kappa shape index (κ1) is 18.5. The smallest absolute Gasteiger partial charge is 0.252 e. The highest BCUT2D eigenvalue weighted by Gasteiger charge is 2.17. The van der Waals surface area contributed by atoms with Gasteiger partial charge in [-0.2, -0.15) is 0 Å². The molecule has 2 amide bonds. The predicted octanol–water partition coefficient (Wildman–Crippen LogP) is 2.83. The fraction of sp³-hybridized carbons (Fsp3) is 0.500. The molecule has 0 heterocycles. The van der Waals surface area contributed by atoms with Gasteiger partial charge in [0.25, 0.3) is 5.91 Å². The van der Waals surface area contributed by atoms with Crippen LogP contribution < -0.4 is 10.6 Å². The number of benzene rings is 1. The van der Waals surface area contributed by atoms with Crippen LogP contribution in [0.3, 0.4) is 0 Å². The molecule has 0 unspecified atom stereocenters. The van der Waals surface area contributed by atoms with Crippen molar-refractivity contribution in [2.45, 2.75) is 33.6 Å². The fourth-order valence-electron chi connectivity index (χ4n) is 1.84. The standard InChI is InChI=1S/C16H23ClN2O3/c1-16(2,3)10-14(21)19-11-5-6-13(17)12(9-11)15(22)18-7-4-8-20/h5-6,9,20H,4,7-8,10H2,1-3H3,(H,18,22)(H,19,21). The molecule has 0 aliphatic rings. The Morgan fingerprint density at radius 3 is 2.55 bits per heavy atom. The van der Waals surface area contributed by atoms with E-state index in [4.69, 9.17) is 16.7 Å². The van der Waals surface area contributed by atoms with E-state index in [1.807, 2.05) is 20.8 Å². The van der Waals surface area contributed by atoms with Crippen LogP contribution in [0.2, 0.25) is 5.02 Å². The topological polar surface area (TPSA) is 78.4 Å². The summed E-state index contributed by atoms with van der Waals surface area (Å²) < 4.78 is 0. The van der Waals surface area contributed by atoms with Gasteiger partial charge in [0.15, 0.2) is 0 Å². The van der Waals surface area contributed by atoms with Crippen LogP contribution in [0.1, 0.15) is 44.0 Å². The number of halogens is 1. The second-order valence-corrected chi connectivity index (χ2v) is 6.72. The van der Waals surface area contributed by atoms with Gasteiger partial charge in [-0.1, -0.05) is 32.4 Å². The molecule has 122 valence electrons. The van der Waals surface area contributed by atoms with Crippen molar-refractivity contribution in [3.63, 3.8) is 0 Å². The van der Waals surface area contributed by atoms with Crippen LogP contribution in [0.25, 0.3) is 0 Å². The van der Waals surface area contributed by atoms with Crippen molar-refractivity contribution in [2.75, 3.05) is 18.5 Å². The van der Waals surface area contributed by atoms with Gasteiger partial charge >= 0.3 is 0 Å². The predicted molar refractivity (Wildman–Crippen MR) is 88.2 cm³/mol. The Morgan fingerprint density at radius 2 is 1.95 bits per heavy atom. The summed E-state index contributed by atoms with van der Waals surface area (Å²) in [5, 5.41) is 14.5. The van der Waals surface area contributed by atoms with E-state index in [-0.39, 0.29) is 23.8 Å². The Kier molecular flexibility index (Phi) is 6.84. The molecule has 0 aliphatic heterocycles. The molecular weight excluding hydrogens is 304 g/mol. The van der Waals surface area contributed by atoms with Crippen LogP contribution in [0.4, 0.5) is 5.69 Å². The molecular formula is C16H23ClN2O3. The molecule has 0 saturated heterocycles. The third-order valence-electron chi connectivity index (χ3n) is 2.81. The number of hydrogen-bond donors (Lipinski definition) is 3. The molecule has 1 aromatic carbocycles. The number of carbonyl (C=O) groups excluding carboxylic acids is 2. The number of carbonyl (C=O) groups is 2. The summed E-state index contributed by atoms with van der Waals surface area (Å²) >= 11 is 6.02. The second-order valence-electron chi connectivity index (χ2n) is 6.31. The summed E-state index contributed by atoms with van der Waals surface area (Å²) in [6, 6.07) is 4.79. The largest absolute Gasteiger partial charge is 0.396 e. The Balaban J connectivity index is 2.77. The second kappa shape index (κ2) is 8.15. The van der Waals surface area contributed by atoms with Crippen molar-refractivity contribution in [1.82, 2.24) is 5.32 Å². The maximum absolute atomic E-state index is 12.0. The summed E-state index contributed by atoms with van der Waals surface area (Å²) in [5.74, 6) is -0.438. The van der Waals surface area contributed by atoms with Gasteiger partial charge in [0.2, 0.25) is 5.91 Å². The molecule has 0 bridgehead atoms. The summed E-state index contributed by atoms with van der Waals surface area (Å²) in [4.78, 5) is 23.9. The van der Waals surface area contributed by atoms with Gasteiger partial charge in [0.1, 0.15) is 0 Å². The minimum Gasteiger partial charge on any atom is -0.396 e. The van der Waals surface area contributed by atoms with Gasteiger partial charge in [-0.15, -0.1) is 0 Å². The Morgan fingerprint density at radius 1 is 1.27 bits per heavy atom. The molecule has 3 N–H and O–H groups in total. The number of amides is 2. The van der Waals surface area contributed by atoms with Gasteiger partial charge in [-0.3, -0.25) is 9.59 Å². The molecule has 0 atom stereocenters. The molecule has 0 radical (unpaired) electrons. The zero-order chi connectivity index (χ0) is 16.8. The molecule has 1 rings (SSSR count). The van der Waals surface area contributed by atoms with Crippen LogP contribution >= 0.6 is 11.6 Å². The highest BCUT2D eigenvalue weighted by atomic mass is 35.5. The van der Waals surface area contributed by atoms with Crippen LogP contribution in [0.5, 0.6) is 0 Å². The monoisotopic (exact) mass is 326 g/mol. The molecule has 0 spiro atoms. The average Bonchev–Trinajstić information content (AvgIpc) is 2.39. The maximum atomic E-state index is 12.0.